The molecule has 0 N–H and O–H groups in total. The Bertz CT molecular complexity index is 542. The van der Waals surface area contributed by atoms with Crippen LogP contribution < -0.4 is 0 Å². The van der Waals surface area contributed by atoms with Gasteiger partial charge in [0.05, 0.1) is 0 Å². The maximum absolute atomic E-state index is 12.7. The SMILES string of the molecule is CCC1(c2ccccc2)C(=O)N=C(SC)N(C)C1=O. The molecule has 2 amide bonds. The first kappa shape index (κ1) is 13.8. The molecule has 1 aliphatic heterocycles. The van der Waals surface area contributed by atoms with Gasteiger partial charge in [0.25, 0.3) is 5.91 Å². The van der Waals surface area contributed by atoms with Crippen LogP contribution in [0.1, 0.15) is 18.9 Å². The minimum absolute atomic E-state index is 0.203. The molecule has 1 unspecified atom stereocenters. The maximum atomic E-state index is 12.7. The smallest absolute Gasteiger partial charge is 0.268 e. The molecule has 1 atom stereocenters. The molecule has 1 aliphatic rings. The van der Waals surface area contributed by atoms with Gasteiger partial charge < -0.3 is 0 Å². The lowest BCUT2D eigenvalue weighted by atomic mass is 9.75. The molecule has 0 spiro atoms. The number of carbonyl (C=O) groups excluding carboxylic acids is 2. The van der Waals surface area contributed by atoms with E-state index < -0.39 is 5.41 Å². The van der Waals surface area contributed by atoms with Crippen molar-refractivity contribution >= 4 is 28.7 Å². The van der Waals surface area contributed by atoms with E-state index in [1.165, 1.54) is 16.7 Å². The van der Waals surface area contributed by atoms with Gasteiger partial charge in [-0.15, -0.1) is 0 Å². The van der Waals surface area contributed by atoms with Crippen molar-refractivity contribution in [2.24, 2.45) is 4.99 Å². The fourth-order valence-corrected chi connectivity index (χ4v) is 2.91. The molecule has 0 saturated carbocycles. The molecular weight excluding hydrogens is 260 g/mol. The Morgan fingerprint density at radius 2 is 1.89 bits per heavy atom. The van der Waals surface area contributed by atoms with Crippen LogP contribution in [0.4, 0.5) is 0 Å². The first-order chi connectivity index (χ1) is 9.07. The van der Waals surface area contributed by atoms with Crippen LogP contribution in [0.15, 0.2) is 35.3 Å². The summed E-state index contributed by atoms with van der Waals surface area (Å²) >= 11 is 1.30. The van der Waals surface area contributed by atoms with E-state index in [-0.39, 0.29) is 11.8 Å². The average molecular weight is 276 g/mol. The number of amidine groups is 1. The van der Waals surface area contributed by atoms with Crippen LogP contribution in [-0.4, -0.2) is 35.2 Å². The van der Waals surface area contributed by atoms with Gasteiger partial charge in [0, 0.05) is 7.05 Å². The molecule has 1 aromatic carbocycles. The number of benzene rings is 1. The Morgan fingerprint density at radius 3 is 2.42 bits per heavy atom. The fourth-order valence-electron chi connectivity index (χ4n) is 2.38. The third-order valence-electron chi connectivity index (χ3n) is 3.50. The van der Waals surface area contributed by atoms with E-state index >= 15 is 0 Å². The molecule has 0 radical (unpaired) electrons. The highest BCUT2D eigenvalue weighted by atomic mass is 32.2. The van der Waals surface area contributed by atoms with Gasteiger partial charge in [0.2, 0.25) is 5.91 Å². The lowest BCUT2D eigenvalue weighted by Gasteiger charge is -2.36. The minimum atomic E-state index is -1.17. The van der Waals surface area contributed by atoms with Gasteiger partial charge in [-0.25, -0.2) is 0 Å². The Hall–Kier alpha value is -1.62. The van der Waals surface area contributed by atoms with Crippen molar-refractivity contribution in [1.82, 2.24) is 4.90 Å². The molecule has 0 saturated heterocycles. The molecule has 0 bridgehead atoms. The summed E-state index contributed by atoms with van der Waals surface area (Å²) < 4.78 is 0. The summed E-state index contributed by atoms with van der Waals surface area (Å²) in [6, 6.07) is 9.16. The standard InChI is InChI=1S/C14H16N2O2S/c1-4-14(10-8-6-5-7-9-10)11(17)15-13(19-3)16(2)12(14)18/h5-9H,4H2,1-3H3. The van der Waals surface area contributed by atoms with Gasteiger partial charge in [-0.2, -0.15) is 4.99 Å². The summed E-state index contributed by atoms with van der Waals surface area (Å²) in [5.41, 5.74) is -0.460. The average Bonchev–Trinajstić information content (AvgIpc) is 2.45. The second-order valence-electron chi connectivity index (χ2n) is 4.39. The fraction of sp³-hybridized carbons (Fsp3) is 0.357. The van der Waals surface area contributed by atoms with E-state index in [1.807, 2.05) is 37.3 Å². The van der Waals surface area contributed by atoms with Crippen molar-refractivity contribution in [2.75, 3.05) is 13.3 Å². The number of rotatable bonds is 2. The molecular formula is C14H16N2O2S. The van der Waals surface area contributed by atoms with Crippen LogP contribution in [0.5, 0.6) is 0 Å². The number of aliphatic imine (C=N–C) groups is 1. The van der Waals surface area contributed by atoms with E-state index in [4.69, 9.17) is 0 Å². The summed E-state index contributed by atoms with van der Waals surface area (Å²) in [5, 5.41) is 0.454. The molecule has 0 aliphatic carbocycles. The number of likely N-dealkylation sites (N-methyl/N-ethyl adjacent to an activating group) is 1. The van der Waals surface area contributed by atoms with E-state index in [9.17, 15) is 9.59 Å². The molecule has 1 aromatic rings. The van der Waals surface area contributed by atoms with E-state index in [1.54, 1.807) is 13.3 Å². The zero-order valence-corrected chi connectivity index (χ0v) is 12.0. The van der Waals surface area contributed by atoms with Crippen molar-refractivity contribution in [1.29, 1.82) is 0 Å². The molecule has 0 aromatic heterocycles. The van der Waals surface area contributed by atoms with Crippen LogP contribution in [0.25, 0.3) is 0 Å². The van der Waals surface area contributed by atoms with Gasteiger partial charge in [0.1, 0.15) is 0 Å². The van der Waals surface area contributed by atoms with Gasteiger partial charge >= 0.3 is 0 Å². The second kappa shape index (κ2) is 5.17. The number of thioether (sulfide) groups is 1. The Morgan fingerprint density at radius 1 is 1.26 bits per heavy atom. The highest BCUT2D eigenvalue weighted by Crippen LogP contribution is 2.35. The topological polar surface area (TPSA) is 49.7 Å². The van der Waals surface area contributed by atoms with Crippen molar-refractivity contribution in [3.8, 4) is 0 Å². The van der Waals surface area contributed by atoms with Crippen LogP contribution in [-0.2, 0) is 15.0 Å². The van der Waals surface area contributed by atoms with Crippen molar-refractivity contribution in [2.45, 2.75) is 18.8 Å². The number of nitrogens with zero attached hydrogens (tertiary/aromatic N) is 2. The third-order valence-corrected chi connectivity index (χ3v) is 4.23. The third kappa shape index (κ3) is 1.98. The zero-order chi connectivity index (χ0) is 14.0. The number of hydrogen-bond donors (Lipinski definition) is 0. The van der Waals surface area contributed by atoms with Gasteiger partial charge in [-0.05, 0) is 18.2 Å². The van der Waals surface area contributed by atoms with E-state index in [2.05, 4.69) is 4.99 Å². The number of carbonyl (C=O) groups is 2. The molecule has 2 rings (SSSR count). The lowest BCUT2D eigenvalue weighted by molar-refractivity contribution is -0.141. The lowest BCUT2D eigenvalue weighted by Crippen LogP contribution is -2.55. The van der Waals surface area contributed by atoms with Gasteiger partial charge in [-0.3, -0.25) is 14.5 Å². The minimum Gasteiger partial charge on any atom is -0.293 e. The summed E-state index contributed by atoms with van der Waals surface area (Å²) in [7, 11) is 1.66. The Labute approximate surface area is 116 Å². The molecule has 0 fully saturated rings. The first-order valence-electron chi connectivity index (χ1n) is 6.08. The van der Waals surface area contributed by atoms with Crippen LogP contribution >= 0.6 is 11.8 Å². The quantitative estimate of drug-likeness (QED) is 0.777. The second-order valence-corrected chi connectivity index (χ2v) is 5.17. The molecule has 4 nitrogen and oxygen atoms in total. The predicted molar refractivity (Wildman–Crippen MR) is 77.1 cm³/mol. The summed E-state index contributed by atoms with van der Waals surface area (Å²) in [5.74, 6) is -0.570. The van der Waals surface area contributed by atoms with Crippen molar-refractivity contribution in [3.63, 3.8) is 0 Å². The predicted octanol–water partition coefficient (Wildman–Crippen LogP) is 2.05. The largest absolute Gasteiger partial charge is 0.293 e. The van der Waals surface area contributed by atoms with Gasteiger partial charge in [0.15, 0.2) is 10.6 Å². The zero-order valence-electron chi connectivity index (χ0n) is 11.2. The molecule has 100 valence electrons. The normalized spacial score (nSPS) is 23.5. The van der Waals surface area contributed by atoms with Crippen LogP contribution in [0.3, 0.4) is 0 Å². The number of hydrogen-bond acceptors (Lipinski definition) is 3. The highest BCUT2D eigenvalue weighted by molar-refractivity contribution is 8.13. The maximum Gasteiger partial charge on any atom is 0.268 e. The first-order valence-corrected chi connectivity index (χ1v) is 7.31. The number of amides is 2. The molecule has 19 heavy (non-hydrogen) atoms. The summed E-state index contributed by atoms with van der Waals surface area (Å²) in [6.07, 6.45) is 2.21. The van der Waals surface area contributed by atoms with E-state index in [0.717, 1.165) is 0 Å². The van der Waals surface area contributed by atoms with Crippen molar-refractivity contribution < 1.29 is 9.59 Å². The van der Waals surface area contributed by atoms with Crippen molar-refractivity contribution in [3.05, 3.63) is 35.9 Å². The van der Waals surface area contributed by atoms with Crippen LogP contribution in [0, 0.1) is 0 Å². The summed E-state index contributed by atoms with van der Waals surface area (Å²) in [4.78, 5) is 30.6. The monoisotopic (exact) mass is 276 g/mol. The summed E-state index contributed by atoms with van der Waals surface area (Å²) in [6.45, 7) is 1.84. The van der Waals surface area contributed by atoms with Gasteiger partial charge in [-0.1, -0.05) is 49.0 Å². The highest BCUT2D eigenvalue weighted by Gasteiger charge is 2.51. The molecule has 1 heterocycles. The van der Waals surface area contributed by atoms with E-state index in [0.29, 0.717) is 17.2 Å². The Balaban J connectivity index is 2.61. The van der Waals surface area contributed by atoms with Crippen LogP contribution in [0.2, 0.25) is 0 Å². The molecule has 5 heteroatoms. The Kier molecular flexibility index (Phi) is 3.75.